The lowest BCUT2D eigenvalue weighted by Crippen LogP contribution is -2.49. The van der Waals surface area contributed by atoms with Crippen LogP contribution in [0.5, 0.6) is 0 Å². The van der Waals surface area contributed by atoms with Crippen molar-refractivity contribution in [3.63, 3.8) is 0 Å². The number of nitrogens with zero attached hydrogens (tertiary/aromatic N) is 2. The summed E-state index contributed by atoms with van der Waals surface area (Å²) in [6.07, 6.45) is 5.39. The quantitative estimate of drug-likeness (QED) is 0.551. The molecule has 0 aromatic carbocycles. The van der Waals surface area contributed by atoms with Crippen LogP contribution in [0.4, 0.5) is 0 Å². The van der Waals surface area contributed by atoms with Crippen molar-refractivity contribution >= 4 is 18.3 Å². The lowest BCUT2D eigenvalue weighted by Gasteiger charge is -2.26. The molecule has 0 aliphatic carbocycles. The molecule has 2 rings (SSSR count). The van der Waals surface area contributed by atoms with Crippen LogP contribution >= 0.6 is 0 Å². The van der Waals surface area contributed by atoms with Gasteiger partial charge in [0.05, 0.1) is 0 Å². The zero-order valence-corrected chi connectivity index (χ0v) is 6.97. The summed E-state index contributed by atoms with van der Waals surface area (Å²) >= 11 is 0. The summed E-state index contributed by atoms with van der Waals surface area (Å²) in [5, 5.41) is 3.02. The largest absolute Gasteiger partial charge is 0.367 e. The van der Waals surface area contributed by atoms with Crippen LogP contribution in [-0.4, -0.2) is 30.5 Å². The highest BCUT2D eigenvalue weighted by atomic mass is 16.1. The fourth-order valence-electron chi connectivity index (χ4n) is 1.37. The van der Waals surface area contributed by atoms with E-state index in [0.29, 0.717) is 0 Å². The van der Waals surface area contributed by atoms with E-state index in [4.69, 9.17) is 5.73 Å². The monoisotopic (exact) mass is 178 g/mol. The molecule has 0 spiro atoms. The number of nitrogens with one attached hydrogen (secondary N) is 1. The topological polar surface area (TPSA) is 79.8 Å². The summed E-state index contributed by atoms with van der Waals surface area (Å²) in [6, 6.07) is 0.132. The highest BCUT2D eigenvalue weighted by Crippen LogP contribution is 2.13. The molecule has 5 nitrogen and oxygen atoms in total. The number of hydrogen-bond acceptors (Lipinski definition) is 4. The predicted octanol–water partition coefficient (Wildman–Crippen LogP) is -0.801. The summed E-state index contributed by atoms with van der Waals surface area (Å²) < 4.78 is 0. The van der Waals surface area contributed by atoms with Crippen LogP contribution in [0.2, 0.25) is 0 Å². The first-order valence-electron chi connectivity index (χ1n) is 4.07. The molecule has 2 aliphatic rings. The molecule has 0 bridgehead atoms. The average Bonchev–Trinajstić information content (AvgIpc) is 2.17. The van der Waals surface area contributed by atoms with Crippen molar-refractivity contribution in [2.75, 3.05) is 0 Å². The Balaban J connectivity index is 2.19. The maximum absolute atomic E-state index is 10.8. The Morgan fingerprint density at radius 3 is 3.31 bits per heavy atom. The lowest BCUT2D eigenvalue weighted by atomic mass is 10.0. The predicted molar refractivity (Wildman–Crippen MR) is 49.6 cm³/mol. The first kappa shape index (κ1) is 8.12. The van der Waals surface area contributed by atoms with Crippen LogP contribution in [0, 0.1) is 0 Å². The van der Waals surface area contributed by atoms with Crippen molar-refractivity contribution in [2.45, 2.75) is 18.6 Å². The number of amides is 1. The van der Waals surface area contributed by atoms with Gasteiger partial charge in [-0.2, -0.15) is 0 Å². The average molecular weight is 178 g/mol. The second kappa shape index (κ2) is 3.10. The van der Waals surface area contributed by atoms with E-state index in [2.05, 4.69) is 15.3 Å². The van der Waals surface area contributed by atoms with E-state index in [1.165, 1.54) is 0 Å². The minimum Gasteiger partial charge on any atom is -0.367 e. The molecule has 2 atom stereocenters. The fourth-order valence-corrected chi connectivity index (χ4v) is 1.37. The van der Waals surface area contributed by atoms with E-state index in [1.807, 2.05) is 0 Å². The Labute approximate surface area is 75.4 Å². The maximum atomic E-state index is 10.8. The molecule has 0 aromatic rings. The standard InChI is InChI=1S/C8H10N4O/c9-7(13)8-11-4-5-3-10-2-1-6(5)12-8/h2-4,6,8,12H,1H2,(H2,9,13). The highest BCUT2D eigenvalue weighted by Gasteiger charge is 2.25. The summed E-state index contributed by atoms with van der Waals surface area (Å²) in [7, 11) is 0. The SMILES string of the molecule is NC(=O)C1N=CC2=CN=CCC2N1. The number of carbonyl (C=O) groups excluding carboxylic acids is 1. The molecule has 0 saturated heterocycles. The van der Waals surface area contributed by atoms with Crippen molar-refractivity contribution < 1.29 is 4.79 Å². The normalized spacial score (nSPS) is 30.9. The van der Waals surface area contributed by atoms with Crippen LogP contribution < -0.4 is 11.1 Å². The molecule has 2 heterocycles. The van der Waals surface area contributed by atoms with Crippen molar-refractivity contribution in [1.82, 2.24) is 5.32 Å². The lowest BCUT2D eigenvalue weighted by molar-refractivity contribution is -0.120. The first-order valence-corrected chi connectivity index (χ1v) is 4.07. The summed E-state index contributed by atoms with van der Waals surface area (Å²) in [4.78, 5) is 18.8. The van der Waals surface area contributed by atoms with Crippen LogP contribution in [0.25, 0.3) is 0 Å². The summed E-state index contributed by atoms with van der Waals surface area (Å²) in [5.74, 6) is -0.446. The van der Waals surface area contributed by atoms with E-state index in [0.717, 1.165) is 12.0 Å². The maximum Gasteiger partial charge on any atom is 0.257 e. The number of carbonyl (C=O) groups is 1. The zero-order valence-electron chi connectivity index (χ0n) is 6.97. The van der Waals surface area contributed by atoms with E-state index >= 15 is 0 Å². The Morgan fingerprint density at radius 2 is 2.54 bits per heavy atom. The number of aliphatic imine (C=N–C) groups is 2. The molecule has 5 heteroatoms. The first-order chi connectivity index (χ1) is 6.27. The van der Waals surface area contributed by atoms with Gasteiger partial charge in [-0.3, -0.25) is 20.1 Å². The summed E-state index contributed by atoms with van der Waals surface area (Å²) in [5.41, 5.74) is 6.12. The fraction of sp³-hybridized carbons (Fsp3) is 0.375. The van der Waals surface area contributed by atoms with Crippen LogP contribution in [0.15, 0.2) is 21.8 Å². The molecule has 0 aromatic heterocycles. The molecule has 2 aliphatic heterocycles. The van der Waals surface area contributed by atoms with Gasteiger partial charge in [0.25, 0.3) is 5.91 Å². The molecule has 3 N–H and O–H groups in total. The van der Waals surface area contributed by atoms with Crippen LogP contribution in [0.3, 0.4) is 0 Å². The Morgan fingerprint density at radius 1 is 1.69 bits per heavy atom. The van der Waals surface area contributed by atoms with E-state index in [-0.39, 0.29) is 6.04 Å². The van der Waals surface area contributed by atoms with Gasteiger partial charge in [0.1, 0.15) is 0 Å². The van der Waals surface area contributed by atoms with Gasteiger partial charge in [-0.15, -0.1) is 0 Å². The van der Waals surface area contributed by atoms with Crippen molar-refractivity contribution in [3.8, 4) is 0 Å². The smallest absolute Gasteiger partial charge is 0.257 e. The molecule has 0 radical (unpaired) electrons. The number of primary amides is 1. The number of rotatable bonds is 1. The third-order valence-corrected chi connectivity index (χ3v) is 2.07. The Hall–Kier alpha value is -1.49. The molecule has 0 saturated carbocycles. The number of fused-ring (bicyclic) bond motifs is 1. The van der Waals surface area contributed by atoms with Gasteiger partial charge in [0.2, 0.25) is 0 Å². The molecule has 1 amide bonds. The molecule has 0 fully saturated rings. The van der Waals surface area contributed by atoms with Crippen molar-refractivity contribution in [1.29, 1.82) is 0 Å². The van der Waals surface area contributed by atoms with Gasteiger partial charge in [-0.25, -0.2) is 0 Å². The van der Waals surface area contributed by atoms with E-state index in [9.17, 15) is 4.79 Å². The van der Waals surface area contributed by atoms with Gasteiger partial charge >= 0.3 is 0 Å². The molecular weight excluding hydrogens is 168 g/mol. The molecular formula is C8H10N4O. The minimum atomic E-state index is -0.589. The minimum absolute atomic E-state index is 0.132. The third-order valence-electron chi connectivity index (χ3n) is 2.07. The van der Waals surface area contributed by atoms with Gasteiger partial charge in [-0.05, 0) is 0 Å². The third kappa shape index (κ3) is 1.50. The molecule has 13 heavy (non-hydrogen) atoms. The zero-order chi connectivity index (χ0) is 9.26. The van der Waals surface area contributed by atoms with Crippen LogP contribution in [-0.2, 0) is 4.79 Å². The number of hydrogen-bond donors (Lipinski definition) is 2. The molecule has 68 valence electrons. The van der Waals surface area contributed by atoms with Gasteiger partial charge in [0, 0.05) is 36.7 Å². The van der Waals surface area contributed by atoms with Crippen LogP contribution in [0.1, 0.15) is 6.42 Å². The second-order valence-electron chi connectivity index (χ2n) is 3.00. The highest BCUT2D eigenvalue weighted by molar-refractivity contribution is 5.89. The van der Waals surface area contributed by atoms with Crippen molar-refractivity contribution in [2.24, 2.45) is 15.7 Å². The van der Waals surface area contributed by atoms with E-state index < -0.39 is 12.1 Å². The Kier molecular flexibility index (Phi) is 1.94. The summed E-state index contributed by atoms with van der Waals surface area (Å²) in [6.45, 7) is 0. The molecule has 2 unspecified atom stereocenters. The van der Waals surface area contributed by atoms with Gasteiger partial charge in [-0.1, -0.05) is 0 Å². The van der Waals surface area contributed by atoms with Gasteiger partial charge in [0.15, 0.2) is 6.17 Å². The van der Waals surface area contributed by atoms with E-state index in [1.54, 1.807) is 18.6 Å². The van der Waals surface area contributed by atoms with Gasteiger partial charge < -0.3 is 5.73 Å². The van der Waals surface area contributed by atoms with Crippen molar-refractivity contribution in [3.05, 3.63) is 11.8 Å². The number of nitrogens with two attached hydrogens (primary N) is 1. The Bertz CT molecular complexity index is 318. The second-order valence-corrected chi connectivity index (χ2v) is 3.00.